The van der Waals surface area contributed by atoms with E-state index in [1.807, 2.05) is 0 Å². The van der Waals surface area contributed by atoms with Gasteiger partial charge in [0.15, 0.2) is 0 Å². The predicted molar refractivity (Wildman–Crippen MR) is 56.2 cm³/mol. The van der Waals surface area contributed by atoms with Crippen LogP contribution in [-0.4, -0.2) is 44.8 Å². The number of aliphatic hydroxyl groups is 2. The Hall–Kier alpha value is -1.11. The number of rotatable bonds is 4. The number of methoxy groups -OCH3 is 1. The van der Waals surface area contributed by atoms with Crippen molar-refractivity contribution in [2.75, 3.05) is 13.0 Å². The van der Waals surface area contributed by atoms with Gasteiger partial charge in [-0.05, 0) is 0 Å². The van der Waals surface area contributed by atoms with Gasteiger partial charge in [-0.25, -0.2) is 9.78 Å². The minimum absolute atomic E-state index is 0.0540. The SMILES string of the molecule is COC(=O)c1nc(C(O)C(O)CCl)cn1C. The van der Waals surface area contributed by atoms with Crippen LogP contribution in [0.3, 0.4) is 0 Å². The Morgan fingerprint density at radius 2 is 2.31 bits per heavy atom. The predicted octanol–water partition coefficient (Wildman–Crippen LogP) is -0.160. The quantitative estimate of drug-likeness (QED) is 0.571. The third kappa shape index (κ3) is 2.52. The van der Waals surface area contributed by atoms with Crippen LogP contribution in [0, 0.1) is 0 Å². The van der Waals surface area contributed by atoms with Crippen LogP contribution in [0.4, 0.5) is 0 Å². The molecular formula is C9H13ClN2O4. The standard InChI is InChI=1S/C9H13ClN2O4/c1-12-4-5(7(14)6(13)3-10)11-8(12)9(15)16-2/h4,6-7,13-14H,3H2,1-2H3. The smallest absolute Gasteiger partial charge is 0.374 e. The minimum atomic E-state index is -1.22. The van der Waals surface area contributed by atoms with Crippen LogP contribution in [0.15, 0.2) is 6.20 Å². The topological polar surface area (TPSA) is 84.6 Å². The molecule has 0 aromatic carbocycles. The van der Waals surface area contributed by atoms with Crippen molar-refractivity contribution in [3.8, 4) is 0 Å². The minimum Gasteiger partial charge on any atom is -0.463 e. The molecule has 0 fully saturated rings. The lowest BCUT2D eigenvalue weighted by molar-refractivity contribution is 0.0300. The number of ether oxygens (including phenoxy) is 1. The maximum absolute atomic E-state index is 11.2. The van der Waals surface area contributed by atoms with Gasteiger partial charge < -0.3 is 19.5 Å². The van der Waals surface area contributed by atoms with E-state index in [1.165, 1.54) is 17.9 Å². The number of hydrogen-bond donors (Lipinski definition) is 2. The Morgan fingerprint density at radius 1 is 1.69 bits per heavy atom. The maximum atomic E-state index is 11.2. The molecule has 1 aromatic rings. The first-order valence-electron chi connectivity index (χ1n) is 4.55. The summed E-state index contributed by atoms with van der Waals surface area (Å²) in [6, 6.07) is 0. The molecule has 0 aliphatic carbocycles. The Kier molecular flexibility index (Phi) is 4.28. The van der Waals surface area contributed by atoms with Crippen molar-refractivity contribution in [2.24, 2.45) is 7.05 Å². The molecule has 2 unspecified atom stereocenters. The van der Waals surface area contributed by atoms with E-state index in [9.17, 15) is 15.0 Å². The molecule has 0 bridgehead atoms. The summed E-state index contributed by atoms with van der Waals surface area (Å²) in [6.45, 7) is 0. The zero-order chi connectivity index (χ0) is 12.3. The van der Waals surface area contributed by atoms with E-state index in [2.05, 4.69) is 9.72 Å². The molecule has 0 radical (unpaired) electrons. The normalized spacial score (nSPS) is 14.6. The van der Waals surface area contributed by atoms with Gasteiger partial charge in [0.05, 0.1) is 24.8 Å². The van der Waals surface area contributed by atoms with Gasteiger partial charge in [-0.1, -0.05) is 0 Å². The summed E-state index contributed by atoms with van der Waals surface area (Å²) in [4.78, 5) is 15.1. The average Bonchev–Trinajstić information content (AvgIpc) is 2.68. The Bertz CT molecular complexity index is 380. The molecule has 6 nitrogen and oxygen atoms in total. The van der Waals surface area contributed by atoms with E-state index in [0.717, 1.165) is 0 Å². The number of carbonyl (C=O) groups excluding carboxylic acids is 1. The van der Waals surface area contributed by atoms with E-state index in [4.69, 9.17) is 11.6 Å². The first-order chi connectivity index (χ1) is 7.51. The summed E-state index contributed by atoms with van der Waals surface area (Å²) < 4.78 is 5.91. The summed E-state index contributed by atoms with van der Waals surface area (Å²) in [5.74, 6) is -0.676. The highest BCUT2D eigenvalue weighted by atomic mass is 35.5. The van der Waals surface area contributed by atoms with Crippen molar-refractivity contribution in [2.45, 2.75) is 12.2 Å². The van der Waals surface area contributed by atoms with Gasteiger partial charge in [0.1, 0.15) is 6.10 Å². The van der Waals surface area contributed by atoms with Crippen LogP contribution in [0.25, 0.3) is 0 Å². The van der Waals surface area contributed by atoms with E-state index >= 15 is 0 Å². The van der Waals surface area contributed by atoms with Crippen molar-refractivity contribution in [1.82, 2.24) is 9.55 Å². The van der Waals surface area contributed by atoms with Gasteiger partial charge in [-0.3, -0.25) is 0 Å². The van der Waals surface area contributed by atoms with E-state index in [0.29, 0.717) is 0 Å². The summed E-state index contributed by atoms with van der Waals surface area (Å²) in [6.07, 6.45) is -0.906. The molecule has 0 aliphatic heterocycles. The van der Waals surface area contributed by atoms with Crippen LogP contribution in [-0.2, 0) is 11.8 Å². The molecule has 0 spiro atoms. The van der Waals surface area contributed by atoms with Crippen molar-refractivity contribution in [3.05, 3.63) is 17.7 Å². The molecule has 1 aromatic heterocycles. The first-order valence-corrected chi connectivity index (χ1v) is 5.08. The fourth-order valence-electron chi connectivity index (χ4n) is 1.19. The number of hydrogen-bond acceptors (Lipinski definition) is 5. The third-order valence-electron chi connectivity index (χ3n) is 2.09. The first kappa shape index (κ1) is 13.0. The van der Waals surface area contributed by atoms with Gasteiger partial charge in [0, 0.05) is 13.2 Å². The van der Waals surface area contributed by atoms with Crippen molar-refractivity contribution < 1.29 is 19.7 Å². The molecular weight excluding hydrogens is 236 g/mol. The van der Waals surface area contributed by atoms with E-state index in [1.54, 1.807) is 7.05 Å². The van der Waals surface area contributed by atoms with Gasteiger partial charge in [0.25, 0.3) is 0 Å². The monoisotopic (exact) mass is 248 g/mol. The maximum Gasteiger partial charge on any atom is 0.374 e. The lowest BCUT2D eigenvalue weighted by Crippen LogP contribution is -2.20. The number of halogens is 1. The number of carbonyl (C=O) groups is 1. The molecule has 7 heteroatoms. The van der Waals surface area contributed by atoms with Gasteiger partial charge in [-0.2, -0.15) is 0 Å². The molecule has 2 atom stereocenters. The molecule has 1 heterocycles. The lowest BCUT2D eigenvalue weighted by atomic mass is 10.2. The van der Waals surface area contributed by atoms with Crippen LogP contribution in [0.1, 0.15) is 22.4 Å². The highest BCUT2D eigenvalue weighted by Gasteiger charge is 2.23. The number of aromatic nitrogens is 2. The fraction of sp³-hybridized carbons (Fsp3) is 0.556. The summed E-state index contributed by atoms with van der Waals surface area (Å²) in [5.41, 5.74) is 0.177. The molecule has 0 amide bonds. The van der Waals surface area contributed by atoms with Gasteiger partial charge >= 0.3 is 5.97 Å². The number of aryl methyl sites for hydroxylation is 1. The number of esters is 1. The van der Waals surface area contributed by atoms with E-state index < -0.39 is 18.2 Å². The third-order valence-corrected chi connectivity index (χ3v) is 2.40. The lowest BCUT2D eigenvalue weighted by Gasteiger charge is -2.12. The number of nitrogens with zero attached hydrogens (tertiary/aromatic N) is 2. The summed E-state index contributed by atoms with van der Waals surface area (Å²) >= 11 is 5.40. The van der Waals surface area contributed by atoms with Crippen LogP contribution in [0.5, 0.6) is 0 Å². The molecule has 2 N–H and O–H groups in total. The molecule has 1 rings (SSSR count). The van der Waals surface area contributed by atoms with Crippen molar-refractivity contribution in [3.63, 3.8) is 0 Å². The van der Waals surface area contributed by atoms with Gasteiger partial charge in [-0.15, -0.1) is 11.6 Å². The largest absolute Gasteiger partial charge is 0.463 e. The number of alkyl halides is 1. The number of aliphatic hydroxyl groups excluding tert-OH is 2. The molecule has 0 aliphatic rings. The Balaban J connectivity index is 2.96. The molecule has 16 heavy (non-hydrogen) atoms. The van der Waals surface area contributed by atoms with Crippen LogP contribution < -0.4 is 0 Å². The number of imidazole rings is 1. The summed E-state index contributed by atoms with van der Waals surface area (Å²) in [5, 5.41) is 18.9. The van der Waals surface area contributed by atoms with Gasteiger partial charge in [0.2, 0.25) is 5.82 Å². The Morgan fingerprint density at radius 3 is 2.81 bits per heavy atom. The second kappa shape index (κ2) is 5.29. The van der Waals surface area contributed by atoms with Crippen molar-refractivity contribution >= 4 is 17.6 Å². The highest BCUT2D eigenvalue weighted by molar-refractivity contribution is 6.18. The summed E-state index contributed by atoms with van der Waals surface area (Å²) in [7, 11) is 2.82. The molecule has 0 saturated carbocycles. The Labute approximate surface area is 97.4 Å². The second-order valence-corrected chi connectivity index (χ2v) is 3.57. The molecule has 90 valence electrons. The second-order valence-electron chi connectivity index (χ2n) is 3.26. The van der Waals surface area contributed by atoms with Crippen LogP contribution >= 0.6 is 11.6 Å². The fourth-order valence-corrected chi connectivity index (χ4v) is 1.36. The van der Waals surface area contributed by atoms with Crippen LogP contribution in [0.2, 0.25) is 0 Å². The highest BCUT2D eigenvalue weighted by Crippen LogP contribution is 2.17. The zero-order valence-corrected chi connectivity index (χ0v) is 9.68. The van der Waals surface area contributed by atoms with Crippen molar-refractivity contribution in [1.29, 1.82) is 0 Å². The average molecular weight is 249 g/mol. The zero-order valence-electron chi connectivity index (χ0n) is 8.92. The van der Waals surface area contributed by atoms with E-state index in [-0.39, 0.29) is 17.4 Å². The molecule has 0 saturated heterocycles.